The van der Waals surface area contributed by atoms with Crippen molar-refractivity contribution in [1.82, 2.24) is 9.69 Å². The highest BCUT2D eigenvalue weighted by atomic mass is 32.1. The van der Waals surface area contributed by atoms with E-state index in [1.54, 1.807) is 22.7 Å². The number of fused-ring (bicyclic) bond motifs is 5. The third-order valence-corrected chi connectivity index (χ3v) is 5.20. The molecular weight excluding hydrogens is 228 g/mol. The summed E-state index contributed by atoms with van der Waals surface area (Å²) in [4.78, 5) is 0. The van der Waals surface area contributed by atoms with Crippen molar-refractivity contribution >= 4 is 21.6 Å². The van der Waals surface area contributed by atoms with Crippen molar-refractivity contribution in [2.45, 2.75) is 25.7 Å². The molecule has 0 saturated carbocycles. The summed E-state index contributed by atoms with van der Waals surface area (Å²) in [6, 6.07) is 4.82. The standard InChI is InChI=1S/C14H16N2S/c1-8-12-5-13-10(4-14(12)17-16-8)2-9-3-11(13)7-15-6-9/h4-5,9,11,15H,2-3,6-7H2,1H3. The fourth-order valence-corrected chi connectivity index (χ4v) is 4.29. The number of aromatic nitrogens is 1. The second-order valence-corrected chi connectivity index (χ2v) is 6.28. The topological polar surface area (TPSA) is 24.9 Å². The van der Waals surface area contributed by atoms with Crippen LogP contribution in [-0.2, 0) is 6.42 Å². The Balaban J connectivity index is 1.94. The van der Waals surface area contributed by atoms with Gasteiger partial charge in [-0.1, -0.05) is 0 Å². The third kappa shape index (κ3) is 1.45. The molecule has 1 aromatic carbocycles. The van der Waals surface area contributed by atoms with Crippen LogP contribution in [0.4, 0.5) is 0 Å². The smallest absolute Gasteiger partial charge is 0.0589 e. The second kappa shape index (κ2) is 3.53. The number of benzene rings is 1. The van der Waals surface area contributed by atoms with Crippen LogP contribution in [0.1, 0.15) is 29.2 Å². The van der Waals surface area contributed by atoms with Gasteiger partial charge in [0.15, 0.2) is 0 Å². The van der Waals surface area contributed by atoms with Crippen LogP contribution in [0.3, 0.4) is 0 Å². The minimum absolute atomic E-state index is 0.737. The van der Waals surface area contributed by atoms with Crippen LogP contribution >= 0.6 is 11.5 Å². The minimum Gasteiger partial charge on any atom is -0.316 e. The van der Waals surface area contributed by atoms with Crippen molar-refractivity contribution in [3.05, 3.63) is 29.0 Å². The lowest BCUT2D eigenvalue weighted by molar-refractivity contribution is 0.318. The first-order valence-corrected chi connectivity index (χ1v) is 7.18. The van der Waals surface area contributed by atoms with Crippen molar-refractivity contribution in [2.24, 2.45) is 5.92 Å². The van der Waals surface area contributed by atoms with Gasteiger partial charge in [-0.15, -0.1) is 0 Å². The van der Waals surface area contributed by atoms with E-state index in [0.717, 1.165) is 18.4 Å². The maximum Gasteiger partial charge on any atom is 0.0589 e. The Bertz CT molecular complexity index is 587. The number of nitrogens with one attached hydrogen (secondary N) is 1. The molecule has 2 atom stereocenters. The fraction of sp³-hybridized carbons (Fsp3) is 0.500. The van der Waals surface area contributed by atoms with E-state index in [-0.39, 0.29) is 0 Å². The van der Waals surface area contributed by atoms with Crippen molar-refractivity contribution in [3.8, 4) is 0 Å². The summed E-state index contributed by atoms with van der Waals surface area (Å²) in [6.07, 6.45) is 2.63. The van der Waals surface area contributed by atoms with E-state index in [0.29, 0.717) is 0 Å². The van der Waals surface area contributed by atoms with Crippen LogP contribution in [0.25, 0.3) is 10.1 Å². The fourth-order valence-electron chi connectivity index (χ4n) is 3.45. The predicted molar refractivity (Wildman–Crippen MR) is 71.8 cm³/mol. The molecule has 2 aromatic rings. The zero-order chi connectivity index (χ0) is 11.4. The van der Waals surface area contributed by atoms with Gasteiger partial charge in [0.25, 0.3) is 0 Å². The maximum absolute atomic E-state index is 4.48. The first kappa shape index (κ1) is 10.0. The third-order valence-electron chi connectivity index (χ3n) is 4.30. The molecule has 1 saturated heterocycles. The van der Waals surface area contributed by atoms with Crippen LogP contribution < -0.4 is 5.32 Å². The summed E-state index contributed by atoms with van der Waals surface area (Å²) in [5.41, 5.74) is 4.37. The monoisotopic (exact) mass is 244 g/mol. The molecular formula is C14H16N2S. The van der Waals surface area contributed by atoms with Gasteiger partial charge in [-0.3, -0.25) is 0 Å². The van der Waals surface area contributed by atoms with Crippen molar-refractivity contribution in [1.29, 1.82) is 0 Å². The zero-order valence-corrected chi connectivity index (χ0v) is 10.8. The van der Waals surface area contributed by atoms with Crippen molar-refractivity contribution in [3.63, 3.8) is 0 Å². The molecule has 3 heteroatoms. The van der Waals surface area contributed by atoms with E-state index in [1.807, 2.05) is 0 Å². The Morgan fingerprint density at radius 1 is 1.35 bits per heavy atom. The molecule has 1 N–H and O–H groups in total. The summed E-state index contributed by atoms with van der Waals surface area (Å²) in [7, 11) is 0. The van der Waals surface area contributed by atoms with Crippen LogP contribution in [0, 0.1) is 12.8 Å². The summed E-state index contributed by atoms with van der Waals surface area (Å²) in [6.45, 7) is 4.48. The Morgan fingerprint density at radius 2 is 2.29 bits per heavy atom. The highest BCUT2D eigenvalue weighted by Gasteiger charge is 2.30. The van der Waals surface area contributed by atoms with Gasteiger partial charge in [0, 0.05) is 11.9 Å². The number of piperidine rings is 1. The molecule has 2 aliphatic rings. The van der Waals surface area contributed by atoms with Crippen LogP contribution in [-0.4, -0.2) is 17.5 Å². The molecule has 1 fully saturated rings. The average molecular weight is 244 g/mol. The van der Waals surface area contributed by atoms with E-state index in [1.165, 1.54) is 35.2 Å². The molecule has 17 heavy (non-hydrogen) atoms. The summed E-state index contributed by atoms with van der Waals surface area (Å²) in [5, 5.41) is 4.94. The molecule has 1 aliphatic heterocycles. The molecule has 88 valence electrons. The number of nitrogens with zero attached hydrogens (tertiary/aromatic N) is 1. The Morgan fingerprint density at radius 3 is 3.24 bits per heavy atom. The molecule has 0 amide bonds. The highest BCUT2D eigenvalue weighted by Crippen LogP contribution is 2.39. The van der Waals surface area contributed by atoms with Gasteiger partial charge < -0.3 is 5.32 Å². The first-order chi connectivity index (χ1) is 8.31. The molecule has 0 spiro atoms. The van der Waals surface area contributed by atoms with Crippen molar-refractivity contribution in [2.75, 3.05) is 13.1 Å². The van der Waals surface area contributed by atoms with Gasteiger partial charge in [-0.2, -0.15) is 4.37 Å². The Hall–Kier alpha value is -0.930. The number of hydrogen-bond donors (Lipinski definition) is 1. The van der Waals surface area contributed by atoms with Gasteiger partial charge in [0.05, 0.1) is 10.4 Å². The maximum atomic E-state index is 4.48. The molecule has 2 heterocycles. The van der Waals surface area contributed by atoms with E-state index in [4.69, 9.17) is 0 Å². The zero-order valence-electron chi connectivity index (χ0n) is 9.99. The van der Waals surface area contributed by atoms with Gasteiger partial charge in [0.1, 0.15) is 0 Å². The van der Waals surface area contributed by atoms with E-state index >= 15 is 0 Å². The van der Waals surface area contributed by atoms with Crippen LogP contribution in [0.2, 0.25) is 0 Å². The Kier molecular flexibility index (Phi) is 2.08. The molecule has 2 unspecified atom stereocenters. The summed E-state index contributed by atoms with van der Waals surface area (Å²) >= 11 is 1.65. The summed E-state index contributed by atoms with van der Waals surface area (Å²) < 4.78 is 5.85. The molecule has 2 bridgehead atoms. The molecule has 1 aliphatic carbocycles. The van der Waals surface area contributed by atoms with E-state index in [9.17, 15) is 0 Å². The SMILES string of the molecule is Cc1nsc2cc3c(cc12)C1CNCC(C3)C1. The molecule has 1 aromatic heterocycles. The number of rotatable bonds is 0. The van der Waals surface area contributed by atoms with Gasteiger partial charge in [-0.25, -0.2) is 0 Å². The number of aryl methyl sites for hydroxylation is 1. The Labute approximate surface area is 105 Å². The predicted octanol–water partition coefficient (Wildman–Crippen LogP) is 2.85. The molecule has 2 nitrogen and oxygen atoms in total. The van der Waals surface area contributed by atoms with Gasteiger partial charge in [-0.05, 0) is 72.9 Å². The van der Waals surface area contributed by atoms with Gasteiger partial charge in [0.2, 0.25) is 0 Å². The highest BCUT2D eigenvalue weighted by molar-refractivity contribution is 7.13. The van der Waals surface area contributed by atoms with Gasteiger partial charge >= 0.3 is 0 Å². The number of hydrogen-bond acceptors (Lipinski definition) is 3. The van der Waals surface area contributed by atoms with E-state index < -0.39 is 0 Å². The normalized spacial score (nSPS) is 27.1. The lowest BCUT2D eigenvalue weighted by Crippen LogP contribution is -2.39. The van der Waals surface area contributed by atoms with Crippen LogP contribution in [0.5, 0.6) is 0 Å². The van der Waals surface area contributed by atoms with Crippen molar-refractivity contribution < 1.29 is 0 Å². The van der Waals surface area contributed by atoms with E-state index in [2.05, 4.69) is 28.7 Å². The average Bonchev–Trinajstić information content (AvgIpc) is 2.69. The largest absolute Gasteiger partial charge is 0.316 e. The minimum atomic E-state index is 0.737. The van der Waals surface area contributed by atoms with Crippen LogP contribution in [0.15, 0.2) is 12.1 Å². The second-order valence-electron chi connectivity index (χ2n) is 5.48. The quantitative estimate of drug-likeness (QED) is 0.771. The molecule has 0 radical (unpaired) electrons. The lowest BCUT2D eigenvalue weighted by Gasteiger charge is -2.36. The lowest BCUT2D eigenvalue weighted by atomic mass is 9.74. The summed E-state index contributed by atoms with van der Waals surface area (Å²) in [5.74, 6) is 1.59. The molecule has 4 rings (SSSR count). The first-order valence-electron chi connectivity index (χ1n) is 6.41.